The molecule has 2 fully saturated rings. The molecule has 3 N–H and O–H groups in total. The van der Waals surface area contributed by atoms with Gasteiger partial charge >= 0.3 is 0 Å². The molecule has 0 spiro atoms. The Labute approximate surface area is 98.2 Å². The Morgan fingerprint density at radius 1 is 1.38 bits per heavy atom. The first kappa shape index (κ1) is 11.9. The van der Waals surface area contributed by atoms with Gasteiger partial charge in [0.15, 0.2) is 0 Å². The van der Waals surface area contributed by atoms with Crippen molar-refractivity contribution in [2.45, 2.75) is 57.9 Å². The number of carbonyl (C=O) groups excluding carboxylic acids is 1. The van der Waals surface area contributed by atoms with E-state index in [0.29, 0.717) is 12.5 Å². The van der Waals surface area contributed by atoms with Crippen molar-refractivity contribution in [1.82, 2.24) is 5.32 Å². The Morgan fingerprint density at radius 3 is 2.38 bits per heavy atom. The third kappa shape index (κ3) is 2.10. The van der Waals surface area contributed by atoms with E-state index in [4.69, 9.17) is 5.73 Å². The van der Waals surface area contributed by atoms with Crippen LogP contribution in [0.1, 0.15) is 52.4 Å². The summed E-state index contributed by atoms with van der Waals surface area (Å²) in [6, 6.07) is 0. The summed E-state index contributed by atoms with van der Waals surface area (Å²) in [5.41, 5.74) is 5.52. The summed E-state index contributed by atoms with van der Waals surface area (Å²) < 4.78 is 0. The molecule has 0 aliphatic heterocycles. The van der Waals surface area contributed by atoms with Gasteiger partial charge in [0.2, 0.25) is 5.91 Å². The summed E-state index contributed by atoms with van der Waals surface area (Å²) in [7, 11) is 0. The Kier molecular flexibility index (Phi) is 2.99. The van der Waals surface area contributed by atoms with Crippen molar-refractivity contribution in [3.63, 3.8) is 0 Å². The smallest absolute Gasteiger partial charge is 0.227 e. The van der Waals surface area contributed by atoms with Gasteiger partial charge in [0.05, 0.1) is 5.41 Å². The first-order valence-corrected chi connectivity index (χ1v) is 6.53. The molecule has 2 saturated carbocycles. The molecule has 1 amide bonds. The van der Waals surface area contributed by atoms with E-state index in [2.05, 4.69) is 19.2 Å². The topological polar surface area (TPSA) is 55.1 Å². The maximum absolute atomic E-state index is 12.4. The fourth-order valence-electron chi connectivity index (χ4n) is 2.91. The zero-order chi connectivity index (χ0) is 11.8. The van der Waals surface area contributed by atoms with E-state index in [0.717, 1.165) is 25.7 Å². The van der Waals surface area contributed by atoms with E-state index >= 15 is 0 Å². The number of carbonyl (C=O) groups is 1. The van der Waals surface area contributed by atoms with Crippen LogP contribution in [0, 0.1) is 11.3 Å². The van der Waals surface area contributed by atoms with Crippen LogP contribution >= 0.6 is 0 Å². The molecule has 0 unspecified atom stereocenters. The highest BCUT2D eigenvalue weighted by atomic mass is 16.2. The summed E-state index contributed by atoms with van der Waals surface area (Å²) in [5.74, 6) is 0.872. The number of nitrogens with one attached hydrogen (secondary N) is 1. The molecular weight excluding hydrogens is 200 g/mol. The number of amides is 1. The molecule has 0 heterocycles. The molecule has 0 atom stereocenters. The Balaban J connectivity index is 2.00. The molecule has 0 aromatic heterocycles. The number of hydrogen-bond acceptors (Lipinski definition) is 2. The van der Waals surface area contributed by atoms with Gasteiger partial charge in [-0.2, -0.15) is 0 Å². The summed E-state index contributed by atoms with van der Waals surface area (Å²) >= 11 is 0. The van der Waals surface area contributed by atoms with E-state index in [-0.39, 0.29) is 16.9 Å². The van der Waals surface area contributed by atoms with Crippen molar-refractivity contribution in [1.29, 1.82) is 0 Å². The monoisotopic (exact) mass is 224 g/mol. The normalized spacial score (nSPS) is 24.4. The van der Waals surface area contributed by atoms with Gasteiger partial charge in [-0.25, -0.2) is 0 Å². The second-order valence-electron chi connectivity index (χ2n) is 6.14. The first-order chi connectivity index (χ1) is 7.50. The predicted octanol–water partition coefficient (Wildman–Crippen LogP) is 1.81. The van der Waals surface area contributed by atoms with E-state index in [9.17, 15) is 4.79 Å². The second kappa shape index (κ2) is 4.02. The highest BCUT2D eigenvalue weighted by Gasteiger charge is 2.45. The van der Waals surface area contributed by atoms with Crippen molar-refractivity contribution in [3.05, 3.63) is 0 Å². The lowest BCUT2D eigenvalue weighted by atomic mass is 9.84. The van der Waals surface area contributed by atoms with Crippen LogP contribution in [-0.4, -0.2) is 18.0 Å². The molecule has 92 valence electrons. The standard InChI is InChI=1S/C13H24N2O/c1-12(2,10-5-6-10)15-11(16)13(9-14)7-3-4-8-13/h10H,3-9,14H2,1-2H3,(H,15,16). The maximum Gasteiger partial charge on any atom is 0.227 e. The molecule has 16 heavy (non-hydrogen) atoms. The first-order valence-electron chi connectivity index (χ1n) is 6.53. The summed E-state index contributed by atoms with van der Waals surface area (Å²) in [6.45, 7) is 4.78. The van der Waals surface area contributed by atoms with Gasteiger partial charge in [-0.15, -0.1) is 0 Å². The average molecular weight is 224 g/mol. The number of rotatable bonds is 4. The summed E-state index contributed by atoms with van der Waals surface area (Å²) in [5, 5.41) is 3.23. The van der Waals surface area contributed by atoms with E-state index in [1.807, 2.05) is 0 Å². The summed E-state index contributed by atoms with van der Waals surface area (Å²) in [6.07, 6.45) is 6.74. The van der Waals surface area contributed by atoms with Gasteiger partial charge in [0, 0.05) is 12.1 Å². The van der Waals surface area contributed by atoms with E-state index in [1.54, 1.807) is 0 Å². The average Bonchev–Trinajstić information content (AvgIpc) is 2.97. The molecule has 2 aliphatic rings. The number of hydrogen-bond donors (Lipinski definition) is 2. The van der Waals surface area contributed by atoms with Gasteiger partial charge in [-0.1, -0.05) is 12.8 Å². The lowest BCUT2D eigenvalue weighted by Crippen LogP contribution is -2.53. The number of nitrogens with two attached hydrogens (primary N) is 1. The fourth-order valence-corrected chi connectivity index (χ4v) is 2.91. The van der Waals surface area contributed by atoms with Gasteiger partial charge in [-0.3, -0.25) is 4.79 Å². The van der Waals surface area contributed by atoms with Crippen LogP contribution in [0.25, 0.3) is 0 Å². The Morgan fingerprint density at radius 2 is 1.94 bits per heavy atom. The lowest BCUT2D eigenvalue weighted by Gasteiger charge is -2.33. The molecule has 0 aromatic carbocycles. The SMILES string of the molecule is CC(C)(NC(=O)C1(CN)CCCC1)C1CC1. The van der Waals surface area contributed by atoms with Crippen LogP contribution in [0.3, 0.4) is 0 Å². The van der Waals surface area contributed by atoms with Crippen LogP contribution in [-0.2, 0) is 4.79 Å². The fraction of sp³-hybridized carbons (Fsp3) is 0.923. The van der Waals surface area contributed by atoms with Gasteiger partial charge in [-0.05, 0) is 45.4 Å². The van der Waals surface area contributed by atoms with Crippen LogP contribution in [0.2, 0.25) is 0 Å². The molecule has 0 radical (unpaired) electrons. The minimum Gasteiger partial charge on any atom is -0.350 e. The lowest BCUT2D eigenvalue weighted by molar-refractivity contribution is -0.132. The predicted molar refractivity (Wildman–Crippen MR) is 64.9 cm³/mol. The molecule has 0 bridgehead atoms. The van der Waals surface area contributed by atoms with Crippen LogP contribution in [0.5, 0.6) is 0 Å². The van der Waals surface area contributed by atoms with Crippen molar-refractivity contribution >= 4 is 5.91 Å². The Bertz CT molecular complexity index is 276. The van der Waals surface area contributed by atoms with E-state index in [1.165, 1.54) is 12.8 Å². The molecule has 3 heteroatoms. The molecule has 2 rings (SSSR count). The maximum atomic E-state index is 12.4. The van der Waals surface area contributed by atoms with Gasteiger partial charge in [0.25, 0.3) is 0 Å². The van der Waals surface area contributed by atoms with Crippen molar-refractivity contribution in [2.75, 3.05) is 6.54 Å². The summed E-state index contributed by atoms with van der Waals surface area (Å²) in [4.78, 5) is 12.4. The highest BCUT2D eigenvalue weighted by molar-refractivity contribution is 5.84. The molecule has 2 aliphatic carbocycles. The van der Waals surface area contributed by atoms with Crippen LogP contribution in [0.4, 0.5) is 0 Å². The molecular formula is C13H24N2O. The van der Waals surface area contributed by atoms with Gasteiger partial charge in [0.1, 0.15) is 0 Å². The Hall–Kier alpha value is -0.570. The third-order valence-electron chi connectivity index (χ3n) is 4.47. The van der Waals surface area contributed by atoms with Gasteiger partial charge < -0.3 is 11.1 Å². The zero-order valence-electron chi connectivity index (χ0n) is 10.5. The van der Waals surface area contributed by atoms with Crippen molar-refractivity contribution < 1.29 is 4.79 Å². The van der Waals surface area contributed by atoms with E-state index < -0.39 is 0 Å². The van der Waals surface area contributed by atoms with Crippen molar-refractivity contribution in [3.8, 4) is 0 Å². The molecule has 0 aromatic rings. The minimum absolute atomic E-state index is 0.0398. The minimum atomic E-state index is -0.258. The molecule has 0 saturated heterocycles. The quantitative estimate of drug-likeness (QED) is 0.765. The molecule has 3 nitrogen and oxygen atoms in total. The van der Waals surface area contributed by atoms with Crippen LogP contribution < -0.4 is 11.1 Å². The zero-order valence-corrected chi connectivity index (χ0v) is 10.5. The van der Waals surface area contributed by atoms with Crippen LogP contribution in [0.15, 0.2) is 0 Å². The highest BCUT2D eigenvalue weighted by Crippen LogP contribution is 2.42. The third-order valence-corrected chi connectivity index (χ3v) is 4.47. The second-order valence-corrected chi connectivity index (χ2v) is 6.14. The largest absolute Gasteiger partial charge is 0.350 e. The van der Waals surface area contributed by atoms with Crippen molar-refractivity contribution in [2.24, 2.45) is 17.1 Å².